The normalized spacial score (nSPS) is 15.8. The zero-order chi connectivity index (χ0) is 14.8. The molecule has 1 saturated carbocycles. The summed E-state index contributed by atoms with van der Waals surface area (Å²) in [6.07, 6.45) is 1.34. The van der Waals surface area contributed by atoms with Crippen molar-refractivity contribution < 1.29 is 19.4 Å². The van der Waals surface area contributed by atoms with Gasteiger partial charge in [0.2, 0.25) is 0 Å². The molecule has 0 radical (unpaired) electrons. The molecule has 2 N–H and O–H groups in total. The highest BCUT2D eigenvalue weighted by Crippen LogP contribution is 2.45. The van der Waals surface area contributed by atoms with Crippen LogP contribution in [0.2, 0.25) is 0 Å². The summed E-state index contributed by atoms with van der Waals surface area (Å²) < 4.78 is 5.50. The molecule has 0 heterocycles. The molecule has 0 saturated heterocycles. The largest absolute Gasteiger partial charge is 0.491 e. The highest BCUT2D eigenvalue weighted by molar-refractivity contribution is 5.94. The number of ether oxygens (including phenoxy) is 1. The molecule has 108 valence electrons. The van der Waals surface area contributed by atoms with E-state index in [-0.39, 0.29) is 18.6 Å². The Hall–Kier alpha value is -2.04. The Morgan fingerprint density at radius 3 is 2.35 bits per heavy atom. The van der Waals surface area contributed by atoms with Crippen molar-refractivity contribution in [2.24, 2.45) is 5.41 Å². The number of hydrogen-bond donors (Lipinski definition) is 2. The van der Waals surface area contributed by atoms with Gasteiger partial charge in [0.1, 0.15) is 5.75 Å². The molecule has 1 amide bonds. The molecule has 1 fully saturated rings. The molecular weight excluding hydrogens is 258 g/mol. The third-order valence-electron chi connectivity index (χ3n) is 3.38. The van der Waals surface area contributed by atoms with Crippen LogP contribution in [0, 0.1) is 5.41 Å². The van der Waals surface area contributed by atoms with Crippen molar-refractivity contribution in [3.8, 4) is 5.75 Å². The number of rotatable bonds is 6. The smallest absolute Gasteiger partial charge is 0.311 e. The van der Waals surface area contributed by atoms with Crippen LogP contribution in [0.3, 0.4) is 0 Å². The molecule has 1 aromatic rings. The van der Waals surface area contributed by atoms with Gasteiger partial charge in [0.15, 0.2) is 0 Å². The van der Waals surface area contributed by atoms with Crippen molar-refractivity contribution in [2.75, 3.05) is 6.54 Å². The maximum atomic E-state index is 11.9. The topological polar surface area (TPSA) is 75.6 Å². The molecule has 0 atom stereocenters. The fourth-order valence-corrected chi connectivity index (χ4v) is 1.93. The summed E-state index contributed by atoms with van der Waals surface area (Å²) in [6, 6.07) is 6.82. The first-order chi connectivity index (χ1) is 9.43. The van der Waals surface area contributed by atoms with Gasteiger partial charge < -0.3 is 15.2 Å². The van der Waals surface area contributed by atoms with Crippen LogP contribution < -0.4 is 10.1 Å². The minimum Gasteiger partial charge on any atom is -0.491 e. The number of hydrogen-bond acceptors (Lipinski definition) is 3. The predicted molar refractivity (Wildman–Crippen MR) is 73.8 cm³/mol. The Morgan fingerprint density at radius 2 is 1.90 bits per heavy atom. The van der Waals surface area contributed by atoms with Crippen molar-refractivity contribution in [1.82, 2.24) is 5.32 Å². The molecule has 0 aromatic heterocycles. The molecular formula is C15H19NO4. The van der Waals surface area contributed by atoms with Crippen LogP contribution in [-0.4, -0.2) is 29.6 Å². The maximum absolute atomic E-state index is 11.9. The molecule has 0 aliphatic heterocycles. The zero-order valence-electron chi connectivity index (χ0n) is 11.7. The van der Waals surface area contributed by atoms with Gasteiger partial charge >= 0.3 is 5.97 Å². The van der Waals surface area contributed by atoms with Crippen LogP contribution in [-0.2, 0) is 4.79 Å². The monoisotopic (exact) mass is 277 g/mol. The first kappa shape index (κ1) is 14.4. The Balaban J connectivity index is 1.91. The Bertz CT molecular complexity index is 503. The number of carboxylic acid groups (broad SMARTS) is 1. The van der Waals surface area contributed by atoms with E-state index in [1.165, 1.54) is 0 Å². The van der Waals surface area contributed by atoms with E-state index < -0.39 is 11.4 Å². The van der Waals surface area contributed by atoms with Crippen LogP contribution in [0.5, 0.6) is 5.75 Å². The Labute approximate surface area is 117 Å². The van der Waals surface area contributed by atoms with E-state index in [1.807, 2.05) is 13.8 Å². The summed E-state index contributed by atoms with van der Waals surface area (Å²) in [5, 5.41) is 11.7. The van der Waals surface area contributed by atoms with Gasteiger partial charge in [0, 0.05) is 12.1 Å². The summed E-state index contributed by atoms with van der Waals surface area (Å²) in [5.74, 6) is -0.382. The first-order valence-corrected chi connectivity index (χ1v) is 6.71. The summed E-state index contributed by atoms with van der Waals surface area (Å²) in [6.45, 7) is 4.05. The van der Waals surface area contributed by atoms with Crippen molar-refractivity contribution in [3.05, 3.63) is 29.8 Å². The molecule has 1 aliphatic carbocycles. The number of carboxylic acids is 1. The summed E-state index contributed by atoms with van der Waals surface area (Å²) >= 11 is 0. The van der Waals surface area contributed by atoms with Gasteiger partial charge in [-0.25, -0.2) is 0 Å². The summed E-state index contributed by atoms with van der Waals surface area (Å²) in [7, 11) is 0. The molecule has 1 aliphatic rings. The van der Waals surface area contributed by atoms with Gasteiger partial charge in [-0.2, -0.15) is 0 Å². The highest BCUT2D eigenvalue weighted by Gasteiger charge is 2.50. The quantitative estimate of drug-likeness (QED) is 0.834. The lowest BCUT2D eigenvalue weighted by molar-refractivity contribution is -0.143. The van der Waals surface area contributed by atoms with Gasteiger partial charge in [-0.3, -0.25) is 9.59 Å². The second-order valence-corrected chi connectivity index (χ2v) is 5.46. The molecule has 1 aromatic carbocycles. The van der Waals surface area contributed by atoms with Crippen LogP contribution >= 0.6 is 0 Å². The van der Waals surface area contributed by atoms with E-state index in [2.05, 4.69) is 5.32 Å². The average molecular weight is 277 g/mol. The highest BCUT2D eigenvalue weighted by atomic mass is 16.5. The van der Waals surface area contributed by atoms with Crippen LogP contribution in [0.15, 0.2) is 24.3 Å². The molecule has 0 unspecified atom stereocenters. The van der Waals surface area contributed by atoms with E-state index in [4.69, 9.17) is 9.84 Å². The van der Waals surface area contributed by atoms with Gasteiger partial charge in [-0.1, -0.05) is 0 Å². The van der Waals surface area contributed by atoms with Gasteiger partial charge in [-0.15, -0.1) is 0 Å². The minimum absolute atomic E-state index is 0.0833. The molecule has 0 spiro atoms. The number of benzene rings is 1. The molecule has 2 rings (SSSR count). The van der Waals surface area contributed by atoms with Crippen molar-refractivity contribution in [2.45, 2.75) is 32.8 Å². The Morgan fingerprint density at radius 1 is 1.30 bits per heavy atom. The second kappa shape index (κ2) is 5.53. The summed E-state index contributed by atoms with van der Waals surface area (Å²) in [4.78, 5) is 22.9. The van der Waals surface area contributed by atoms with E-state index in [9.17, 15) is 9.59 Å². The lowest BCUT2D eigenvalue weighted by Crippen LogP contribution is -2.34. The second-order valence-electron chi connectivity index (χ2n) is 5.46. The third-order valence-corrected chi connectivity index (χ3v) is 3.38. The fraction of sp³-hybridized carbons (Fsp3) is 0.467. The Kier molecular flexibility index (Phi) is 3.97. The SMILES string of the molecule is CC(C)Oc1ccc(C(=O)NCC2(C(=O)O)CC2)cc1. The van der Waals surface area contributed by atoms with Crippen LogP contribution in [0.4, 0.5) is 0 Å². The van der Waals surface area contributed by atoms with Gasteiger partial charge in [0.05, 0.1) is 11.5 Å². The average Bonchev–Trinajstić information content (AvgIpc) is 3.17. The maximum Gasteiger partial charge on any atom is 0.311 e. The number of aliphatic carboxylic acids is 1. The lowest BCUT2D eigenvalue weighted by Gasteiger charge is -2.12. The zero-order valence-corrected chi connectivity index (χ0v) is 11.7. The number of carbonyl (C=O) groups excluding carboxylic acids is 1. The third kappa shape index (κ3) is 3.29. The van der Waals surface area contributed by atoms with Crippen LogP contribution in [0.25, 0.3) is 0 Å². The molecule has 5 heteroatoms. The number of carbonyl (C=O) groups is 2. The molecule has 20 heavy (non-hydrogen) atoms. The van der Waals surface area contributed by atoms with E-state index in [0.29, 0.717) is 24.2 Å². The van der Waals surface area contributed by atoms with E-state index in [0.717, 1.165) is 0 Å². The number of nitrogens with one attached hydrogen (secondary N) is 1. The molecule has 5 nitrogen and oxygen atoms in total. The predicted octanol–water partition coefficient (Wildman–Crippen LogP) is 2.07. The van der Waals surface area contributed by atoms with Crippen LogP contribution in [0.1, 0.15) is 37.0 Å². The van der Waals surface area contributed by atoms with E-state index >= 15 is 0 Å². The number of amides is 1. The van der Waals surface area contributed by atoms with Gasteiger partial charge in [-0.05, 0) is 51.0 Å². The van der Waals surface area contributed by atoms with Crippen molar-refractivity contribution in [1.29, 1.82) is 0 Å². The minimum atomic E-state index is -0.835. The lowest BCUT2D eigenvalue weighted by atomic mass is 10.1. The van der Waals surface area contributed by atoms with E-state index in [1.54, 1.807) is 24.3 Å². The summed E-state index contributed by atoms with van der Waals surface area (Å²) in [5.41, 5.74) is -0.238. The fourth-order valence-electron chi connectivity index (χ4n) is 1.93. The van der Waals surface area contributed by atoms with Crippen molar-refractivity contribution >= 4 is 11.9 Å². The molecule has 0 bridgehead atoms. The van der Waals surface area contributed by atoms with Crippen molar-refractivity contribution in [3.63, 3.8) is 0 Å². The standard InChI is InChI=1S/C15H19NO4/c1-10(2)20-12-5-3-11(4-6-12)13(17)16-9-15(7-8-15)14(18)19/h3-6,10H,7-9H2,1-2H3,(H,16,17)(H,18,19). The van der Waals surface area contributed by atoms with Gasteiger partial charge in [0.25, 0.3) is 5.91 Å². The first-order valence-electron chi connectivity index (χ1n) is 6.71.